The van der Waals surface area contributed by atoms with Gasteiger partial charge in [-0.05, 0) is 56.9 Å². The highest BCUT2D eigenvalue weighted by atomic mass is 15.4. The smallest absolute Gasteiger partial charge is 0.178 e. The third-order valence-electron chi connectivity index (χ3n) is 4.75. The van der Waals surface area contributed by atoms with E-state index in [0.717, 1.165) is 23.8 Å². The molecule has 1 fully saturated rings. The molecule has 5 heteroatoms. The first-order chi connectivity index (χ1) is 11.1. The van der Waals surface area contributed by atoms with Gasteiger partial charge in [-0.1, -0.05) is 23.8 Å². The summed E-state index contributed by atoms with van der Waals surface area (Å²) in [5.74, 6) is 1.83. The molecule has 3 aromatic rings. The Morgan fingerprint density at radius 3 is 2.78 bits per heavy atom. The number of aromatic nitrogens is 4. The highest BCUT2D eigenvalue weighted by molar-refractivity contribution is 5.49. The molecule has 0 amide bonds. The van der Waals surface area contributed by atoms with E-state index in [1.165, 1.54) is 29.5 Å². The number of nitrogens with zero attached hydrogens (tertiary/aromatic N) is 5. The van der Waals surface area contributed by atoms with Crippen molar-refractivity contribution in [2.75, 3.05) is 11.4 Å². The molecule has 1 atom stereocenters. The fourth-order valence-electron chi connectivity index (χ4n) is 3.52. The second-order valence-electron chi connectivity index (χ2n) is 6.42. The molecule has 0 bridgehead atoms. The zero-order valence-electron chi connectivity index (χ0n) is 13.8. The molecule has 118 valence electrons. The van der Waals surface area contributed by atoms with E-state index in [-0.39, 0.29) is 0 Å². The number of benzene rings is 1. The minimum Gasteiger partial charge on any atom is -0.348 e. The lowest BCUT2D eigenvalue weighted by atomic mass is 9.97. The summed E-state index contributed by atoms with van der Waals surface area (Å²) in [6.45, 7) is 7.33. The third kappa shape index (κ3) is 2.36. The Bertz CT molecular complexity index is 867. The zero-order chi connectivity index (χ0) is 16.0. The Kier molecular flexibility index (Phi) is 3.29. The van der Waals surface area contributed by atoms with E-state index in [9.17, 15) is 0 Å². The van der Waals surface area contributed by atoms with Gasteiger partial charge in [0.15, 0.2) is 11.5 Å². The van der Waals surface area contributed by atoms with Crippen LogP contribution in [-0.4, -0.2) is 26.4 Å². The summed E-state index contributed by atoms with van der Waals surface area (Å²) in [6.07, 6.45) is 2.37. The normalized spacial score (nSPS) is 18.0. The molecule has 0 N–H and O–H groups in total. The lowest BCUT2D eigenvalue weighted by Gasteiger charge is -2.27. The van der Waals surface area contributed by atoms with Crippen LogP contribution in [0.5, 0.6) is 0 Å². The fourth-order valence-corrected chi connectivity index (χ4v) is 3.52. The van der Waals surface area contributed by atoms with Gasteiger partial charge in [0.05, 0.1) is 6.04 Å². The van der Waals surface area contributed by atoms with Crippen LogP contribution in [0.3, 0.4) is 0 Å². The van der Waals surface area contributed by atoms with Gasteiger partial charge < -0.3 is 4.90 Å². The Morgan fingerprint density at radius 1 is 1.04 bits per heavy atom. The molecule has 2 aromatic heterocycles. The third-order valence-corrected chi connectivity index (χ3v) is 4.75. The molecule has 0 radical (unpaired) electrons. The maximum atomic E-state index is 4.76. The van der Waals surface area contributed by atoms with E-state index >= 15 is 0 Å². The number of hydrogen-bond donors (Lipinski definition) is 0. The van der Waals surface area contributed by atoms with E-state index in [4.69, 9.17) is 5.10 Å². The number of fused-ring (bicyclic) bond motifs is 1. The minimum atomic E-state index is 0.400. The predicted octanol–water partition coefficient (Wildman–Crippen LogP) is 3.39. The van der Waals surface area contributed by atoms with Gasteiger partial charge in [0.1, 0.15) is 5.82 Å². The van der Waals surface area contributed by atoms with Gasteiger partial charge in [0.25, 0.3) is 0 Å². The number of hydrogen-bond acceptors (Lipinski definition) is 4. The molecule has 5 nitrogen and oxygen atoms in total. The van der Waals surface area contributed by atoms with Gasteiger partial charge in [0, 0.05) is 6.54 Å². The second-order valence-corrected chi connectivity index (χ2v) is 6.42. The summed E-state index contributed by atoms with van der Waals surface area (Å²) in [5.41, 5.74) is 4.89. The lowest BCUT2D eigenvalue weighted by molar-refractivity contribution is 0.695. The van der Waals surface area contributed by atoms with Crippen LogP contribution in [-0.2, 0) is 0 Å². The number of aryl methyl sites for hydroxylation is 3. The van der Waals surface area contributed by atoms with Crippen LogP contribution in [0.2, 0.25) is 0 Å². The Hall–Kier alpha value is -2.43. The molecule has 0 aliphatic carbocycles. The first-order valence-electron chi connectivity index (χ1n) is 8.16. The molecule has 0 saturated carbocycles. The van der Waals surface area contributed by atoms with Crippen LogP contribution in [0, 0.1) is 20.8 Å². The second kappa shape index (κ2) is 5.33. The Balaban J connectivity index is 1.76. The van der Waals surface area contributed by atoms with E-state index in [2.05, 4.69) is 53.2 Å². The van der Waals surface area contributed by atoms with Gasteiger partial charge in [0.2, 0.25) is 0 Å². The van der Waals surface area contributed by atoms with Crippen molar-refractivity contribution in [2.45, 2.75) is 39.7 Å². The quantitative estimate of drug-likeness (QED) is 0.728. The van der Waals surface area contributed by atoms with Crippen LogP contribution in [0.25, 0.3) is 5.65 Å². The summed E-state index contributed by atoms with van der Waals surface area (Å²) < 4.78 is 1.83. The molecule has 1 aliphatic rings. The van der Waals surface area contributed by atoms with Crippen molar-refractivity contribution >= 4 is 11.5 Å². The van der Waals surface area contributed by atoms with Crippen LogP contribution < -0.4 is 4.90 Å². The van der Waals surface area contributed by atoms with Crippen molar-refractivity contribution in [2.24, 2.45) is 0 Å². The summed E-state index contributed by atoms with van der Waals surface area (Å²) in [5, 5.41) is 13.0. The Labute approximate surface area is 136 Å². The molecule has 1 aliphatic heterocycles. The summed E-state index contributed by atoms with van der Waals surface area (Å²) in [4.78, 5) is 2.42. The molecule has 0 spiro atoms. The van der Waals surface area contributed by atoms with Crippen molar-refractivity contribution < 1.29 is 0 Å². The molecule has 3 heterocycles. The molecule has 1 aromatic carbocycles. The van der Waals surface area contributed by atoms with Crippen molar-refractivity contribution in [3.63, 3.8) is 0 Å². The zero-order valence-corrected chi connectivity index (χ0v) is 13.8. The highest BCUT2D eigenvalue weighted by Gasteiger charge is 2.28. The molecular formula is C18H21N5. The monoisotopic (exact) mass is 307 g/mol. The molecule has 1 unspecified atom stereocenters. The molecular weight excluding hydrogens is 286 g/mol. The van der Waals surface area contributed by atoms with Crippen LogP contribution in [0.1, 0.15) is 41.4 Å². The first-order valence-corrected chi connectivity index (χ1v) is 8.16. The van der Waals surface area contributed by atoms with Gasteiger partial charge in [-0.15, -0.1) is 15.3 Å². The van der Waals surface area contributed by atoms with Gasteiger partial charge in [-0.2, -0.15) is 4.52 Å². The SMILES string of the molecule is Cc1ccc(C)c(C2CCCN2c2ccc3nnc(C)n3n2)c1. The van der Waals surface area contributed by atoms with Crippen molar-refractivity contribution in [3.05, 3.63) is 52.8 Å². The van der Waals surface area contributed by atoms with E-state index in [1.807, 2.05) is 17.5 Å². The van der Waals surface area contributed by atoms with Gasteiger partial charge in [-0.25, -0.2) is 0 Å². The van der Waals surface area contributed by atoms with Crippen LogP contribution >= 0.6 is 0 Å². The van der Waals surface area contributed by atoms with Crippen molar-refractivity contribution in [1.82, 2.24) is 19.8 Å². The van der Waals surface area contributed by atoms with E-state index < -0.39 is 0 Å². The van der Waals surface area contributed by atoms with E-state index in [1.54, 1.807) is 0 Å². The van der Waals surface area contributed by atoms with Crippen molar-refractivity contribution in [3.8, 4) is 0 Å². The number of rotatable bonds is 2. The molecule has 23 heavy (non-hydrogen) atoms. The Morgan fingerprint density at radius 2 is 1.91 bits per heavy atom. The summed E-state index contributed by atoms with van der Waals surface area (Å²) in [7, 11) is 0. The van der Waals surface area contributed by atoms with Crippen LogP contribution in [0.4, 0.5) is 5.82 Å². The predicted molar refractivity (Wildman–Crippen MR) is 90.8 cm³/mol. The topological polar surface area (TPSA) is 46.3 Å². The summed E-state index contributed by atoms with van der Waals surface area (Å²) in [6, 6.07) is 11.2. The average Bonchev–Trinajstić information content (AvgIpc) is 3.17. The number of anilines is 1. The molecule has 1 saturated heterocycles. The van der Waals surface area contributed by atoms with Crippen LogP contribution in [0.15, 0.2) is 30.3 Å². The summed E-state index contributed by atoms with van der Waals surface area (Å²) >= 11 is 0. The van der Waals surface area contributed by atoms with Gasteiger partial charge >= 0.3 is 0 Å². The maximum Gasteiger partial charge on any atom is 0.178 e. The first kappa shape index (κ1) is 14.2. The average molecular weight is 307 g/mol. The fraction of sp³-hybridized carbons (Fsp3) is 0.389. The van der Waals surface area contributed by atoms with E-state index in [0.29, 0.717) is 6.04 Å². The maximum absolute atomic E-state index is 4.76. The minimum absolute atomic E-state index is 0.400. The highest BCUT2D eigenvalue weighted by Crippen LogP contribution is 2.36. The molecule has 4 rings (SSSR count). The largest absolute Gasteiger partial charge is 0.348 e. The van der Waals surface area contributed by atoms with Gasteiger partial charge in [-0.3, -0.25) is 0 Å². The lowest BCUT2D eigenvalue weighted by Crippen LogP contribution is -2.25. The standard InChI is InChI=1S/C18H21N5/c1-12-6-7-13(2)15(11-12)16-5-4-10-22(16)18-9-8-17-20-19-14(3)23(17)21-18/h6-9,11,16H,4-5,10H2,1-3H3. The van der Waals surface area contributed by atoms with Crippen molar-refractivity contribution in [1.29, 1.82) is 0 Å².